The largest absolute Gasteiger partial charge is 0.496 e. The van der Waals surface area contributed by atoms with Crippen LogP contribution in [0, 0.1) is 13.8 Å². The highest BCUT2D eigenvalue weighted by Crippen LogP contribution is 2.43. The van der Waals surface area contributed by atoms with E-state index in [-0.39, 0.29) is 5.41 Å². The van der Waals surface area contributed by atoms with E-state index in [0.717, 1.165) is 42.4 Å². The van der Waals surface area contributed by atoms with Crippen LogP contribution in [0.3, 0.4) is 0 Å². The van der Waals surface area contributed by atoms with E-state index in [9.17, 15) is 0 Å². The second-order valence-electron chi connectivity index (χ2n) is 5.21. The van der Waals surface area contributed by atoms with Gasteiger partial charge < -0.3 is 19.5 Å². The molecule has 106 valence electrons. The van der Waals surface area contributed by atoms with Crippen molar-refractivity contribution in [2.24, 2.45) is 0 Å². The Bertz CT molecular complexity index is 467. The van der Waals surface area contributed by atoms with Gasteiger partial charge in [0.1, 0.15) is 11.5 Å². The standard InChI is InChI=1S/C15H23NO3/c1-10-11(2)14(18-5)12(6-13(10)17-4)15(7-16-3)8-19-9-15/h6,16H,7-9H2,1-5H3. The van der Waals surface area contributed by atoms with Crippen LogP contribution in [0.2, 0.25) is 0 Å². The third-order valence-electron chi connectivity index (χ3n) is 4.06. The van der Waals surface area contributed by atoms with E-state index in [1.807, 2.05) is 7.05 Å². The Morgan fingerprint density at radius 3 is 2.32 bits per heavy atom. The predicted molar refractivity (Wildman–Crippen MR) is 75.4 cm³/mol. The molecule has 1 heterocycles. The summed E-state index contributed by atoms with van der Waals surface area (Å²) in [6.07, 6.45) is 0. The Morgan fingerprint density at radius 1 is 1.21 bits per heavy atom. The number of rotatable bonds is 5. The number of hydrogen-bond donors (Lipinski definition) is 1. The van der Waals surface area contributed by atoms with Crippen molar-refractivity contribution >= 4 is 0 Å². The highest BCUT2D eigenvalue weighted by molar-refractivity contribution is 5.56. The molecule has 0 bridgehead atoms. The molecular weight excluding hydrogens is 242 g/mol. The second kappa shape index (κ2) is 5.39. The SMILES string of the molecule is CNCC1(c2cc(OC)c(C)c(C)c2OC)COC1. The summed E-state index contributed by atoms with van der Waals surface area (Å²) in [5, 5.41) is 3.26. The number of benzene rings is 1. The molecule has 1 saturated heterocycles. The number of nitrogens with one attached hydrogen (secondary N) is 1. The van der Waals surface area contributed by atoms with Crippen molar-refractivity contribution in [3.05, 3.63) is 22.8 Å². The molecule has 1 aliphatic rings. The average Bonchev–Trinajstić information content (AvgIpc) is 2.37. The Balaban J connectivity index is 2.57. The highest BCUT2D eigenvalue weighted by Gasteiger charge is 2.42. The fourth-order valence-electron chi connectivity index (χ4n) is 2.77. The minimum Gasteiger partial charge on any atom is -0.496 e. The van der Waals surface area contributed by atoms with Gasteiger partial charge in [0.25, 0.3) is 0 Å². The van der Waals surface area contributed by atoms with Crippen LogP contribution >= 0.6 is 0 Å². The van der Waals surface area contributed by atoms with Gasteiger partial charge in [-0.05, 0) is 38.1 Å². The van der Waals surface area contributed by atoms with E-state index in [1.165, 1.54) is 5.56 Å². The lowest BCUT2D eigenvalue weighted by Crippen LogP contribution is -2.53. The van der Waals surface area contributed by atoms with E-state index >= 15 is 0 Å². The summed E-state index contributed by atoms with van der Waals surface area (Å²) in [6.45, 7) is 6.44. The Labute approximate surface area is 115 Å². The first-order valence-corrected chi connectivity index (χ1v) is 6.54. The fourth-order valence-corrected chi connectivity index (χ4v) is 2.77. The normalized spacial score (nSPS) is 16.9. The van der Waals surface area contributed by atoms with Crippen molar-refractivity contribution in [2.45, 2.75) is 19.3 Å². The monoisotopic (exact) mass is 265 g/mol. The van der Waals surface area contributed by atoms with Crippen LogP contribution in [0.4, 0.5) is 0 Å². The molecule has 0 amide bonds. The van der Waals surface area contributed by atoms with Crippen LogP contribution in [-0.4, -0.2) is 41.0 Å². The number of likely N-dealkylation sites (N-methyl/N-ethyl adjacent to an activating group) is 1. The number of ether oxygens (including phenoxy) is 3. The van der Waals surface area contributed by atoms with Gasteiger partial charge in [0, 0.05) is 12.1 Å². The molecular formula is C15H23NO3. The summed E-state index contributed by atoms with van der Waals surface area (Å²) in [5.74, 6) is 1.87. The van der Waals surface area contributed by atoms with E-state index in [0.29, 0.717) is 0 Å². The Morgan fingerprint density at radius 2 is 1.89 bits per heavy atom. The highest BCUT2D eigenvalue weighted by atomic mass is 16.5. The predicted octanol–water partition coefficient (Wildman–Crippen LogP) is 1.81. The number of methoxy groups -OCH3 is 2. The smallest absolute Gasteiger partial charge is 0.126 e. The second-order valence-corrected chi connectivity index (χ2v) is 5.21. The first kappa shape index (κ1) is 14.2. The topological polar surface area (TPSA) is 39.7 Å². The molecule has 19 heavy (non-hydrogen) atoms. The molecule has 2 rings (SSSR count). The summed E-state index contributed by atoms with van der Waals surface area (Å²) in [6, 6.07) is 2.10. The number of hydrogen-bond acceptors (Lipinski definition) is 4. The molecule has 1 aromatic rings. The van der Waals surface area contributed by atoms with Crippen molar-refractivity contribution < 1.29 is 14.2 Å². The van der Waals surface area contributed by atoms with Gasteiger partial charge in [0.05, 0.1) is 32.8 Å². The Hall–Kier alpha value is -1.26. The molecule has 0 aromatic heterocycles. The summed E-state index contributed by atoms with van der Waals surface area (Å²) in [4.78, 5) is 0. The van der Waals surface area contributed by atoms with Crippen molar-refractivity contribution in [3.8, 4) is 11.5 Å². The molecule has 1 aliphatic heterocycles. The van der Waals surface area contributed by atoms with Crippen molar-refractivity contribution in [2.75, 3.05) is 41.0 Å². The van der Waals surface area contributed by atoms with Gasteiger partial charge in [0.15, 0.2) is 0 Å². The van der Waals surface area contributed by atoms with Crippen LogP contribution in [0.25, 0.3) is 0 Å². The zero-order valence-electron chi connectivity index (χ0n) is 12.4. The maximum Gasteiger partial charge on any atom is 0.126 e. The Kier molecular flexibility index (Phi) is 4.02. The van der Waals surface area contributed by atoms with Gasteiger partial charge in [-0.3, -0.25) is 0 Å². The maximum absolute atomic E-state index is 5.65. The van der Waals surface area contributed by atoms with Crippen LogP contribution in [-0.2, 0) is 10.2 Å². The molecule has 1 aromatic carbocycles. The molecule has 1 fully saturated rings. The summed E-state index contributed by atoms with van der Waals surface area (Å²) in [5.41, 5.74) is 3.43. The van der Waals surface area contributed by atoms with E-state index in [4.69, 9.17) is 14.2 Å². The molecule has 0 spiro atoms. The van der Waals surface area contributed by atoms with Crippen LogP contribution in [0.15, 0.2) is 6.07 Å². The van der Waals surface area contributed by atoms with Crippen LogP contribution < -0.4 is 14.8 Å². The lowest BCUT2D eigenvalue weighted by atomic mass is 9.76. The van der Waals surface area contributed by atoms with E-state index in [2.05, 4.69) is 25.2 Å². The third kappa shape index (κ3) is 2.19. The van der Waals surface area contributed by atoms with Crippen molar-refractivity contribution in [3.63, 3.8) is 0 Å². The molecule has 0 unspecified atom stereocenters. The van der Waals surface area contributed by atoms with Gasteiger partial charge in [-0.2, -0.15) is 0 Å². The van der Waals surface area contributed by atoms with Crippen LogP contribution in [0.5, 0.6) is 11.5 Å². The zero-order chi connectivity index (χ0) is 14.0. The first-order chi connectivity index (χ1) is 9.09. The molecule has 0 saturated carbocycles. The van der Waals surface area contributed by atoms with Gasteiger partial charge in [0.2, 0.25) is 0 Å². The fraction of sp³-hybridized carbons (Fsp3) is 0.600. The molecule has 0 atom stereocenters. The lowest BCUT2D eigenvalue weighted by Gasteiger charge is -2.43. The van der Waals surface area contributed by atoms with Crippen molar-refractivity contribution in [1.82, 2.24) is 5.32 Å². The molecule has 4 heteroatoms. The molecule has 0 radical (unpaired) electrons. The first-order valence-electron chi connectivity index (χ1n) is 6.54. The van der Waals surface area contributed by atoms with E-state index < -0.39 is 0 Å². The van der Waals surface area contributed by atoms with Gasteiger partial charge >= 0.3 is 0 Å². The third-order valence-corrected chi connectivity index (χ3v) is 4.06. The summed E-state index contributed by atoms with van der Waals surface area (Å²) >= 11 is 0. The molecule has 1 N–H and O–H groups in total. The van der Waals surface area contributed by atoms with E-state index in [1.54, 1.807) is 14.2 Å². The quantitative estimate of drug-likeness (QED) is 0.881. The van der Waals surface area contributed by atoms with Gasteiger partial charge in [-0.25, -0.2) is 0 Å². The van der Waals surface area contributed by atoms with Crippen molar-refractivity contribution in [1.29, 1.82) is 0 Å². The zero-order valence-corrected chi connectivity index (χ0v) is 12.4. The van der Waals surface area contributed by atoms with Gasteiger partial charge in [-0.1, -0.05) is 0 Å². The van der Waals surface area contributed by atoms with Crippen LogP contribution in [0.1, 0.15) is 16.7 Å². The lowest BCUT2D eigenvalue weighted by molar-refractivity contribution is -0.0592. The molecule has 4 nitrogen and oxygen atoms in total. The average molecular weight is 265 g/mol. The summed E-state index contributed by atoms with van der Waals surface area (Å²) < 4.78 is 16.6. The minimum absolute atomic E-state index is 0.00810. The molecule has 0 aliphatic carbocycles. The van der Waals surface area contributed by atoms with Gasteiger partial charge in [-0.15, -0.1) is 0 Å². The summed E-state index contributed by atoms with van der Waals surface area (Å²) in [7, 11) is 5.40. The maximum atomic E-state index is 5.65. The minimum atomic E-state index is -0.00810.